The predicted molar refractivity (Wildman–Crippen MR) is 80.6 cm³/mol. The van der Waals surface area contributed by atoms with Crippen LogP contribution in [0.25, 0.3) is 0 Å². The number of hydrogen-bond donors (Lipinski definition) is 1. The number of aliphatic hydroxyl groups excluding tert-OH is 1. The normalized spacial score (nSPS) is 9.90. The van der Waals surface area contributed by atoms with E-state index in [1.807, 2.05) is 19.1 Å². The Hall–Kier alpha value is -2.31. The van der Waals surface area contributed by atoms with Crippen LogP contribution in [0.4, 0.5) is 4.39 Å². The highest BCUT2D eigenvalue weighted by Crippen LogP contribution is 2.18. The highest BCUT2D eigenvalue weighted by molar-refractivity contribution is 5.40. The molecule has 0 radical (unpaired) electrons. The van der Waals surface area contributed by atoms with Gasteiger partial charge in [0.15, 0.2) is 0 Å². The Morgan fingerprint density at radius 1 is 1.10 bits per heavy atom. The SMILES string of the molecule is Cc1ccc(COc2ccc(C#CCO)c(F)c2)cc1C. The first kappa shape index (κ1) is 15.1. The molecule has 0 aliphatic rings. The van der Waals surface area contributed by atoms with Gasteiger partial charge < -0.3 is 9.84 Å². The Morgan fingerprint density at radius 3 is 2.57 bits per heavy atom. The molecule has 21 heavy (non-hydrogen) atoms. The molecule has 2 rings (SSSR count). The lowest BCUT2D eigenvalue weighted by atomic mass is 10.1. The first-order valence-corrected chi connectivity index (χ1v) is 6.68. The van der Waals surface area contributed by atoms with E-state index in [-0.39, 0.29) is 12.2 Å². The monoisotopic (exact) mass is 284 g/mol. The fraction of sp³-hybridized carbons (Fsp3) is 0.222. The minimum atomic E-state index is -0.450. The van der Waals surface area contributed by atoms with Gasteiger partial charge in [-0.05, 0) is 42.7 Å². The lowest BCUT2D eigenvalue weighted by molar-refractivity contribution is 0.304. The number of aliphatic hydroxyl groups is 1. The Kier molecular flexibility index (Phi) is 4.97. The first-order chi connectivity index (χ1) is 10.1. The maximum Gasteiger partial charge on any atom is 0.142 e. The van der Waals surface area contributed by atoms with Crippen LogP contribution >= 0.6 is 0 Å². The molecule has 0 bridgehead atoms. The molecule has 2 aromatic carbocycles. The molecule has 0 atom stereocenters. The van der Waals surface area contributed by atoms with Gasteiger partial charge in [-0.15, -0.1) is 0 Å². The zero-order chi connectivity index (χ0) is 15.2. The van der Waals surface area contributed by atoms with Crippen LogP contribution < -0.4 is 4.74 Å². The molecule has 2 aromatic rings. The van der Waals surface area contributed by atoms with E-state index in [1.165, 1.54) is 17.2 Å². The second-order valence-corrected chi connectivity index (χ2v) is 4.81. The summed E-state index contributed by atoms with van der Waals surface area (Å²) in [6.07, 6.45) is 0. The molecule has 3 heteroatoms. The van der Waals surface area contributed by atoms with E-state index in [0.717, 1.165) is 5.56 Å². The molecule has 0 heterocycles. The van der Waals surface area contributed by atoms with Gasteiger partial charge in [-0.2, -0.15) is 0 Å². The molecule has 0 aromatic heterocycles. The molecular formula is C18H17FO2. The van der Waals surface area contributed by atoms with Gasteiger partial charge >= 0.3 is 0 Å². The lowest BCUT2D eigenvalue weighted by Gasteiger charge is -2.08. The van der Waals surface area contributed by atoms with Gasteiger partial charge in [-0.1, -0.05) is 30.0 Å². The quantitative estimate of drug-likeness (QED) is 0.876. The zero-order valence-electron chi connectivity index (χ0n) is 12.1. The number of aryl methyl sites for hydroxylation is 2. The Balaban J connectivity index is 2.06. The van der Waals surface area contributed by atoms with Crippen LogP contribution in [0.2, 0.25) is 0 Å². The van der Waals surface area contributed by atoms with Crippen LogP contribution in [0.5, 0.6) is 5.75 Å². The van der Waals surface area contributed by atoms with E-state index < -0.39 is 5.82 Å². The van der Waals surface area contributed by atoms with Crippen molar-refractivity contribution in [3.8, 4) is 17.6 Å². The maximum atomic E-state index is 13.8. The standard InChI is InChI=1S/C18H17FO2/c1-13-5-6-15(10-14(13)2)12-21-17-8-7-16(4-3-9-20)18(19)11-17/h5-8,10-11,20H,9,12H2,1-2H3. The fourth-order valence-corrected chi connectivity index (χ4v) is 1.88. The molecule has 1 N–H and O–H groups in total. The maximum absolute atomic E-state index is 13.8. The molecule has 0 aliphatic carbocycles. The van der Waals surface area contributed by atoms with Gasteiger partial charge in [0, 0.05) is 6.07 Å². The highest BCUT2D eigenvalue weighted by Gasteiger charge is 2.03. The van der Waals surface area contributed by atoms with Crippen LogP contribution in [-0.4, -0.2) is 11.7 Å². The van der Waals surface area contributed by atoms with Crippen molar-refractivity contribution >= 4 is 0 Å². The Bertz CT molecular complexity index is 696. The second kappa shape index (κ2) is 6.92. The lowest BCUT2D eigenvalue weighted by Crippen LogP contribution is -1.97. The summed E-state index contributed by atoms with van der Waals surface area (Å²) in [5.74, 6) is 4.97. The van der Waals surface area contributed by atoms with Gasteiger partial charge in [0.1, 0.15) is 24.8 Å². The third kappa shape index (κ3) is 4.08. The van der Waals surface area contributed by atoms with E-state index in [1.54, 1.807) is 12.1 Å². The molecule has 108 valence electrons. The van der Waals surface area contributed by atoms with E-state index in [2.05, 4.69) is 24.8 Å². The van der Waals surface area contributed by atoms with Crippen LogP contribution in [0.15, 0.2) is 36.4 Å². The van der Waals surface area contributed by atoms with Crippen LogP contribution in [0, 0.1) is 31.5 Å². The molecule has 0 spiro atoms. The summed E-state index contributed by atoms with van der Waals surface area (Å²) in [6.45, 7) is 4.21. The second-order valence-electron chi connectivity index (χ2n) is 4.81. The minimum Gasteiger partial charge on any atom is -0.489 e. The van der Waals surface area contributed by atoms with Gasteiger partial charge in [-0.3, -0.25) is 0 Å². The average molecular weight is 284 g/mol. The smallest absolute Gasteiger partial charge is 0.142 e. The summed E-state index contributed by atoms with van der Waals surface area (Å²) in [4.78, 5) is 0. The average Bonchev–Trinajstić information content (AvgIpc) is 2.47. The molecule has 0 aliphatic heterocycles. The van der Waals surface area contributed by atoms with Crippen LogP contribution in [-0.2, 0) is 6.61 Å². The fourth-order valence-electron chi connectivity index (χ4n) is 1.88. The van der Waals surface area contributed by atoms with E-state index in [9.17, 15) is 4.39 Å². The molecule has 0 fully saturated rings. The van der Waals surface area contributed by atoms with Gasteiger partial charge in [0.25, 0.3) is 0 Å². The first-order valence-electron chi connectivity index (χ1n) is 6.68. The summed E-state index contributed by atoms with van der Waals surface area (Å²) >= 11 is 0. The van der Waals surface area contributed by atoms with Crippen molar-refractivity contribution in [2.45, 2.75) is 20.5 Å². The van der Waals surface area contributed by atoms with Crippen molar-refractivity contribution in [3.05, 3.63) is 64.5 Å². The molecule has 0 saturated heterocycles. The summed E-state index contributed by atoms with van der Waals surface area (Å²) in [5.41, 5.74) is 3.73. The van der Waals surface area contributed by atoms with Crippen LogP contribution in [0.3, 0.4) is 0 Å². The van der Waals surface area contributed by atoms with Gasteiger partial charge in [0.2, 0.25) is 0 Å². The molecule has 0 unspecified atom stereocenters. The predicted octanol–water partition coefficient (Wildman–Crippen LogP) is 3.37. The number of rotatable bonds is 3. The third-order valence-corrected chi connectivity index (χ3v) is 3.22. The number of hydrogen-bond acceptors (Lipinski definition) is 2. The number of benzene rings is 2. The van der Waals surface area contributed by atoms with Gasteiger partial charge in [0.05, 0.1) is 5.56 Å². The number of ether oxygens (including phenoxy) is 1. The molecule has 0 amide bonds. The van der Waals surface area contributed by atoms with E-state index in [0.29, 0.717) is 12.4 Å². The zero-order valence-corrected chi connectivity index (χ0v) is 12.1. The minimum absolute atomic E-state index is 0.252. The van der Waals surface area contributed by atoms with Crippen molar-refractivity contribution in [3.63, 3.8) is 0 Å². The highest BCUT2D eigenvalue weighted by atomic mass is 19.1. The van der Waals surface area contributed by atoms with E-state index >= 15 is 0 Å². The van der Waals surface area contributed by atoms with Crippen molar-refractivity contribution < 1.29 is 14.2 Å². The van der Waals surface area contributed by atoms with E-state index in [4.69, 9.17) is 9.84 Å². The van der Waals surface area contributed by atoms with Crippen molar-refractivity contribution in [2.75, 3.05) is 6.61 Å². The summed E-state index contributed by atoms with van der Waals surface area (Å²) in [5, 5.41) is 8.60. The van der Waals surface area contributed by atoms with Crippen LogP contribution in [0.1, 0.15) is 22.3 Å². The third-order valence-electron chi connectivity index (χ3n) is 3.22. The Morgan fingerprint density at radius 2 is 1.90 bits per heavy atom. The van der Waals surface area contributed by atoms with Crippen molar-refractivity contribution in [1.82, 2.24) is 0 Å². The topological polar surface area (TPSA) is 29.5 Å². The largest absolute Gasteiger partial charge is 0.489 e. The summed E-state index contributed by atoms with van der Waals surface area (Å²) in [6, 6.07) is 10.6. The summed E-state index contributed by atoms with van der Waals surface area (Å²) < 4.78 is 19.3. The van der Waals surface area contributed by atoms with Crippen molar-refractivity contribution in [1.29, 1.82) is 0 Å². The molecule has 2 nitrogen and oxygen atoms in total. The summed E-state index contributed by atoms with van der Waals surface area (Å²) in [7, 11) is 0. The van der Waals surface area contributed by atoms with Crippen molar-refractivity contribution in [2.24, 2.45) is 0 Å². The number of halogens is 1. The molecule has 0 saturated carbocycles. The molecular weight excluding hydrogens is 267 g/mol. The Labute approximate surface area is 124 Å². The van der Waals surface area contributed by atoms with Gasteiger partial charge in [-0.25, -0.2) is 4.39 Å².